The molecule has 11 heteroatoms. The lowest BCUT2D eigenvalue weighted by Gasteiger charge is -2.12. The van der Waals surface area contributed by atoms with E-state index in [1.54, 1.807) is 0 Å². The summed E-state index contributed by atoms with van der Waals surface area (Å²) in [4.78, 5) is 26.0. The van der Waals surface area contributed by atoms with Crippen LogP contribution < -0.4 is 0 Å². The van der Waals surface area contributed by atoms with Gasteiger partial charge in [0.05, 0.1) is 77.5 Å². The average Bonchev–Trinajstić information content (AvgIpc) is 1.55. The zero-order chi connectivity index (χ0) is 74.6. The molecule has 0 spiro atoms. The minimum absolute atomic E-state index is 0.539. The van der Waals surface area contributed by atoms with Gasteiger partial charge >= 0.3 is 0 Å². The van der Waals surface area contributed by atoms with E-state index in [4.69, 9.17) is 33.8 Å². The first-order valence-corrected chi connectivity index (χ1v) is 38.5. The van der Waals surface area contributed by atoms with Gasteiger partial charge in [-0.15, -0.1) is 0 Å². The molecule has 0 unspecified atom stereocenters. The Kier molecular flexibility index (Phi) is 13.9. The Balaban J connectivity index is 0.000000133. The number of furan rings is 2. The molecule has 17 aromatic carbocycles. The molecule has 0 fully saturated rings. The summed E-state index contributed by atoms with van der Waals surface area (Å²) >= 11 is 0. The van der Waals surface area contributed by atoms with Gasteiger partial charge in [0.25, 0.3) is 0 Å². The van der Waals surface area contributed by atoms with Crippen LogP contribution in [0.15, 0.2) is 379 Å². The fourth-order valence-electron chi connectivity index (χ4n) is 18.2. The molecule has 0 aliphatic carbocycles. The summed E-state index contributed by atoms with van der Waals surface area (Å²) < 4.78 is 23.4. The molecule has 8 aromatic heterocycles. The molecule has 25 aromatic rings. The second-order valence-corrected chi connectivity index (χ2v) is 29.3. The van der Waals surface area contributed by atoms with E-state index in [9.17, 15) is 0 Å². The maximum absolute atomic E-state index is 7.15. The summed E-state index contributed by atoms with van der Waals surface area (Å²) in [6.07, 6.45) is 0. The van der Waals surface area contributed by atoms with Crippen molar-refractivity contribution in [2.24, 2.45) is 0 Å². The van der Waals surface area contributed by atoms with E-state index in [1.807, 2.05) is 54.6 Å². The molecule has 0 aliphatic rings. The molecule has 0 aliphatic heterocycles. The molecular weight excluding hydrogens is 1400 g/mol. The van der Waals surface area contributed by atoms with Crippen molar-refractivity contribution in [3.8, 4) is 68.4 Å². The van der Waals surface area contributed by atoms with Crippen molar-refractivity contribution in [1.29, 1.82) is 0 Å². The van der Waals surface area contributed by atoms with E-state index in [0.717, 1.165) is 170 Å². The maximum atomic E-state index is 7.15. The molecule has 0 N–H and O–H groups in total. The number of para-hydroxylation sites is 7. The molecule has 0 bridgehead atoms. The van der Waals surface area contributed by atoms with Crippen LogP contribution in [0.5, 0.6) is 0 Å². The number of hydrogen-bond donors (Lipinski definition) is 0. The number of fused-ring (bicyclic) bond motifs is 25. The number of rotatable bonds is 8. The van der Waals surface area contributed by atoms with Crippen LogP contribution in [0.1, 0.15) is 0 Å². The molecule has 11 nitrogen and oxygen atoms in total. The van der Waals surface area contributed by atoms with Crippen molar-refractivity contribution in [2.75, 3.05) is 0 Å². The Hall–Kier alpha value is -15.6. The molecule has 0 atom stereocenters. The Morgan fingerprint density at radius 3 is 0.965 bits per heavy atom. The van der Waals surface area contributed by atoms with E-state index >= 15 is 0 Å². The van der Waals surface area contributed by atoms with E-state index < -0.39 is 0 Å². The Morgan fingerprint density at radius 2 is 0.518 bits per heavy atom. The van der Waals surface area contributed by atoms with Gasteiger partial charge in [0.1, 0.15) is 22.3 Å². The topological polar surface area (TPSA) is 110 Å². The largest absolute Gasteiger partial charge is 0.455 e. The average molecular weight is 1460 g/mol. The third-order valence-electron chi connectivity index (χ3n) is 23.1. The van der Waals surface area contributed by atoms with Crippen LogP contribution >= 0.6 is 0 Å². The van der Waals surface area contributed by atoms with Gasteiger partial charge in [-0.3, -0.25) is 9.13 Å². The SMILES string of the molecule is c1ccc(-c2ccc(-c3nc(-c4ccccc4)nc(-n4c5ccccc5c5c6oc7cc(-n8c9ccccc9c9ccccc98)c8ccccc8c7c6ccc54)n3)cc2)cc1.c1ccc(-c2nc(-n3c4ccccc4c4c5oc6cc(-n7c8ccccc8c8ccccc87)c7ccccc7c6c5ccc43)nc3ccccc23)cc1. The summed E-state index contributed by atoms with van der Waals surface area (Å²) in [7, 11) is 0. The van der Waals surface area contributed by atoms with E-state index in [1.165, 1.54) is 38.0 Å². The molecule has 0 radical (unpaired) electrons. The molecule has 530 valence electrons. The minimum atomic E-state index is 0.539. The second-order valence-electron chi connectivity index (χ2n) is 29.3. The van der Waals surface area contributed by atoms with Crippen molar-refractivity contribution in [3.05, 3.63) is 370 Å². The van der Waals surface area contributed by atoms with Gasteiger partial charge in [-0.25, -0.2) is 15.0 Å². The van der Waals surface area contributed by atoms with Gasteiger partial charge in [-0.1, -0.05) is 291 Å². The van der Waals surface area contributed by atoms with Crippen LogP contribution in [0.2, 0.25) is 0 Å². The van der Waals surface area contributed by atoms with E-state index in [2.05, 4.69) is 334 Å². The van der Waals surface area contributed by atoms with Gasteiger partial charge in [-0.2, -0.15) is 9.97 Å². The predicted molar refractivity (Wildman–Crippen MR) is 468 cm³/mol. The first kappa shape index (κ1) is 63.3. The van der Waals surface area contributed by atoms with Crippen molar-refractivity contribution < 1.29 is 8.83 Å². The zero-order valence-corrected chi connectivity index (χ0v) is 61.1. The Bertz CT molecular complexity index is 8190. The Labute approximate surface area is 650 Å². The minimum Gasteiger partial charge on any atom is -0.455 e. The quantitative estimate of drug-likeness (QED) is 0.149. The molecule has 0 saturated heterocycles. The van der Waals surface area contributed by atoms with Crippen molar-refractivity contribution in [3.63, 3.8) is 0 Å². The third-order valence-corrected chi connectivity index (χ3v) is 23.1. The summed E-state index contributed by atoms with van der Waals surface area (Å²) in [6.45, 7) is 0. The lowest BCUT2D eigenvalue weighted by molar-refractivity contribution is 0.672. The van der Waals surface area contributed by atoms with Gasteiger partial charge in [0.2, 0.25) is 11.9 Å². The highest BCUT2D eigenvalue weighted by atomic mass is 16.3. The third kappa shape index (κ3) is 9.53. The van der Waals surface area contributed by atoms with Gasteiger partial charge in [-0.05, 0) is 88.6 Å². The lowest BCUT2D eigenvalue weighted by Crippen LogP contribution is -2.06. The van der Waals surface area contributed by atoms with Crippen molar-refractivity contribution in [2.45, 2.75) is 0 Å². The number of nitrogens with zero attached hydrogens (tertiary/aromatic N) is 9. The van der Waals surface area contributed by atoms with Gasteiger partial charge in [0.15, 0.2) is 11.6 Å². The highest BCUT2D eigenvalue weighted by molar-refractivity contribution is 6.31. The van der Waals surface area contributed by atoms with E-state index in [-0.39, 0.29) is 0 Å². The Morgan fingerprint density at radius 1 is 0.193 bits per heavy atom. The van der Waals surface area contributed by atoms with Crippen molar-refractivity contribution >= 4 is 164 Å². The highest BCUT2D eigenvalue weighted by Gasteiger charge is 2.28. The molecule has 114 heavy (non-hydrogen) atoms. The summed E-state index contributed by atoms with van der Waals surface area (Å²) in [5.74, 6) is 2.37. The molecular formula is C103H61N9O2. The van der Waals surface area contributed by atoms with Crippen LogP contribution in [0, 0.1) is 0 Å². The molecule has 8 heterocycles. The van der Waals surface area contributed by atoms with Crippen LogP contribution in [0.4, 0.5) is 0 Å². The zero-order valence-electron chi connectivity index (χ0n) is 61.1. The number of aromatic nitrogens is 9. The summed E-state index contributed by atoms with van der Waals surface area (Å²) in [6, 6.07) is 130. The predicted octanol–water partition coefficient (Wildman–Crippen LogP) is 26.7. The fourth-order valence-corrected chi connectivity index (χ4v) is 18.2. The van der Waals surface area contributed by atoms with Crippen LogP contribution in [-0.2, 0) is 0 Å². The highest BCUT2D eigenvalue weighted by Crippen LogP contribution is 2.49. The second kappa shape index (κ2) is 25.0. The first-order chi connectivity index (χ1) is 56.6. The van der Waals surface area contributed by atoms with Crippen LogP contribution in [-0.4, -0.2) is 43.2 Å². The first-order valence-electron chi connectivity index (χ1n) is 38.5. The smallest absolute Gasteiger partial charge is 0.238 e. The van der Waals surface area contributed by atoms with Crippen molar-refractivity contribution in [1.82, 2.24) is 43.2 Å². The molecule has 0 saturated carbocycles. The number of benzene rings is 17. The number of hydrogen-bond acceptors (Lipinski definition) is 7. The summed E-state index contributed by atoms with van der Waals surface area (Å²) in [5.41, 5.74) is 21.2. The summed E-state index contributed by atoms with van der Waals surface area (Å²) in [5, 5.41) is 19.2. The normalized spacial score (nSPS) is 12.0. The molecule has 0 amide bonds. The maximum Gasteiger partial charge on any atom is 0.238 e. The van der Waals surface area contributed by atoms with Crippen LogP contribution in [0.3, 0.4) is 0 Å². The van der Waals surface area contributed by atoms with Gasteiger partial charge in [0, 0.05) is 98.8 Å². The monoisotopic (exact) mass is 1460 g/mol. The fraction of sp³-hybridized carbons (Fsp3) is 0. The standard InChI is InChI=1S/C55H33N5O.C48H28N4O/c1-3-15-34(16-4-1)35-27-29-37(30-28-35)54-56-53(36-17-5-2-6-18-36)57-55(58-54)60-46-26-14-11-23-42(46)51-47(60)32-31-43-50-41-22-8-7-21-40(41)48(33-49(50)61-52(43)51)59-44-24-12-9-19-38(44)39-20-10-13-25-45(39)59;1-2-14-29(15-3-1)46-34-20-6-10-22-37(34)49-48(50-46)52-40-25-13-9-21-35(40)45-41(52)27-26-36-44-33-19-5-4-18-32(33)42(28-43(44)53-47(36)45)51-38-23-11-7-16-30(38)31-17-8-12-24-39(31)51/h1-33H;1-28H. The van der Waals surface area contributed by atoms with Crippen LogP contribution in [0.25, 0.3) is 232 Å². The lowest BCUT2D eigenvalue weighted by atomic mass is 10.0. The molecule has 25 rings (SSSR count). The van der Waals surface area contributed by atoms with Gasteiger partial charge < -0.3 is 18.0 Å². The van der Waals surface area contributed by atoms with E-state index in [0.29, 0.717) is 23.5 Å².